The van der Waals surface area contributed by atoms with Crippen LogP contribution in [0.2, 0.25) is 0 Å². The summed E-state index contributed by atoms with van der Waals surface area (Å²) in [4.78, 5) is 13.6. The van der Waals surface area contributed by atoms with Gasteiger partial charge in [0.1, 0.15) is 5.75 Å². The van der Waals surface area contributed by atoms with E-state index in [1.807, 2.05) is 0 Å². The molecule has 1 aliphatic heterocycles. The maximum atomic E-state index is 12.4. The molecule has 1 aromatic carbocycles. The van der Waals surface area contributed by atoms with Crippen molar-refractivity contribution in [1.29, 1.82) is 0 Å². The molecule has 10 nitrogen and oxygen atoms in total. The molecule has 0 aliphatic carbocycles. The van der Waals surface area contributed by atoms with Crippen molar-refractivity contribution < 1.29 is 31.8 Å². The zero-order valence-corrected chi connectivity index (χ0v) is 15.7. The number of sulfone groups is 1. The SMILES string of the molecule is COc1ccc(-c2nnc(S(=O)(=O)CC(=O)N3CCOCC3)o2)cc1OC. The van der Waals surface area contributed by atoms with E-state index in [1.54, 1.807) is 18.2 Å². The van der Waals surface area contributed by atoms with Crippen LogP contribution in [0.1, 0.15) is 0 Å². The fraction of sp³-hybridized carbons (Fsp3) is 0.438. The number of aromatic nitrogens is 2. The molecule has 1 aromatic heterocycles. The number of ether oxygens (including phenoxy) is 3. The van der Waals surface area contributed by atoms with Crippen LogP contribution in [0.25, 0.3) is 11.5 Å². The van der Waals surface area contributed by atoms with E-state index >= 15 is 0 Å². The summed E-state index contributed by atoms with van der Waals surface area (Å²) < 4.78 is 45.7. The lowest BCUT2D eigenvalue weighted by molar-refractivity contribution is -0.132. The van der Waals surface area contributed by atoms with E-state index in [4.69, 9.17) is 18.6 Å². The number of carbonyl (C=O) groups is 1. The number of carbonyl (C=O) groups excluding carboxylic acids is 1. The Morgan fingerprint density at radius 1 is 1.15 bits per heavy atom. The second-order valence-electron chi connectivity index (χ2n) is 5.70. The van der Waals surface area contributed by atoms with Crippen molar-refractivity contribution in [3.8, 4) is 23.0 Å². The Hall–Kier alpha value is -2.66. The summed E-state index contributed by atoms with van der Waals surface area (Å²) in [6, 6.07) is 4.85. The molecule has 0 radical (unpaired) electrons. The number of benzene rings is 1. The second-order valence-corrected chi connectivity index (χ2v) is 7.56. The van der Waals surface area contributed by atoms with Crippen molar-refractivity contribution in [2.45, 2.75) is 5.22 Å². The Bertz CT molecular complexity index is 920. The van der Waals surface area contributed by atoms with Gasteiger partial charge in [-0.1, -0.05) is 5.10 Å². The largest absolute Gasteiger partial charge is 0.493 e. The third-order valence-corrected chi connectivity index (χ3v) is 5.30. The normalized spacial score (nSPS) is 14.8. The third-order valence-electron chi connectivity index (χ3n) is 3.98. The van der Waals surface area contributed by atoms with Crippen LogP contribution in [0.5, 0.6) is 11.5 Å². The maximum absolute atomic E-state index is 12.4. The van der Waals surface area contributed by atoms with Crippen molar-refractivity contribution in [3.63, 3.8) is 0 Å². The molecule has 146 valence electrons. The highest BCUT2D eigenvalue weighted by Gasteiger charge is 2.29. The van der Waals surface area contributed by atoms with E-state index in [9.17, 15) is 13.2 Å². The lowest BCUT2D eigenvalue weighted by Crippen LogP contribution is -2.43. The molecule has 2 aromatic rings. The van der Waals surface area contributed by atoms with Gasteiger partial charge in [-0.25, -0.2) is 8.42 Å². The monoisotopic (exact) mass is 397 g/mol. The van der Waals surface area contributed by atoms with Gasteiger partial charge in [0.2, 0.25) is 21.6 Å². The Morgan fingerprint density at radius 3 is 2.52 bits per heavy atom. The van der Waals surface area contributed by atoms with Gasteiger partial charge in [-0.3, -0.25) is 4.79 Å². The first-order valence-corrected chi connectivity index (χ1v) is 9.74. The van der Waals surface area contributed by atoms with Gasteiger partial charge in [0.05, 0.1) is 27.4 Å². The molecule has 11 heteroatoms. The first kappa shape index (κ1) is 19.1. The Morgan fingerprint density at radius 2 is 1.85 bits per heavy atom. The van der Waals surface area contributed by atoms with Crippen molar-refractivity contribution in [2.24, 2.45) is 0 Å². The summed E-state index contributed by atoms with van der Waals surface area (Å²) >= 11 is 0. The molecule has 0 bridgehead atoms. The van der Waals surface area contributed by atoms with Crippen LogP contribution in [-0.2, 0) is 19.4 Å². The molecule has 27 heavy (non-hydrogen) atoms. The van der Waals surface area contributed by atoms with Gasteiger partial charge in [-0.05, 0) is 18.2 Å². The standard InChI is InChI=1S/C16H19N3O7S/c1-23-12-4-3-11(9-13(12)24-2)15-17-18-16(26-15)27(21,22)10-14(20)19-5-7-25-8-6-19/h3-4,9H,5-8,10H2,1-2H3. The Labute approximate surface area is 155 Å². The van der Waals surface area contributed by atoms with E-state index in [0.717, 1.165) is 0 Å². The summed E-state index contributed by atoms with van der Waals surface area (Å²) in [7, 11) is -1.08. The van der Waals surface area contributed by atoms with E-state index in [1.165, 1.54) is 19.1 Å². The summed E-state index contributed by atoms with van der Waals surface area (Å²) in [5.74, 6) is -0.331. The van der Waals surface area contributed by atoms with Crippen molar-refractivity contribution in [1.82, 2.24) is 15.1 Å². The fourth-order valence-electron chi connectivity index (χ4n) is 2.55. The molecular formula is C16H19N3O7S. The lowest BCUT2D eigenvalue weighted by atomic mass is 10.2. The number of nitrogens with zero attached hydrogens (tertiary/aromatic N) is 3. The highest BCUT2D eigenvalue weighted by molar-refractivity contribution is 7.91. The molecule has 0 spiro atoms. The number of hydrogen-bond donors (Lipinski definition) is 0. The summed E-state index contributed by atoms with van der Waals surface area (Å²) in [5, 5.41) is 6.75. The molecule has 2 heterocycles. The Kier molecular flexibility index (Phi) is 5.61. The van der Waals surface area contributed by atoms with E-state index in [0.29, 0.717) is 43.4 Å². The van der Waals surface area contributed by atoms with Gasteiger partial charge in [-0.2, -0.15) is 0 Å². The lowest BCUT2D eigenvalue weighted by Gasteiger charge is -2.26. The van der Waals surface area contributed by atoms with Crippen molar-refractivity contribution in [2.75, 3.05) is 46.3 Å². The van der Waals surface area contributed by atoms with Gasteiger partial charge in [0, 0.05) is 18.7 Å². The number of morpholine rings is 1. The van der Waals surface area contributed by atoms with Crippen molar-refractivity contribution >= 4 is 15.7 Å². The first-order valence-electron chi connectivity index (χ1n) is 8.09. The fourth-order valence-corrected chi connectivity index (χ4v) is 3.55. The minimum Gasteiger partial charge on any atom is -0.493 e. The minimum atomic E-state index is -4.05. The van der Waals surface area contributed by atoms with Crippen molar-refractivity contribution in [3.05, 3.63) is 18.2 Å². The first-order chi connectivity index (χ1) is 12.9. The molecule has 3 rings (SSSR count). The zero-order valence-electron chi connectivity index (χ0n) is 14.9. The highest BCUT2D eigenvalue weighted by atomic mass is 32.2. The summed E-state index contributed by atoms with van der Waals surface area (Å²) in [6.07, 6.45) is 0. The van der Waals surface area contributed by atoms with Crippen LogP contribution in [0.4, 0.5) is 0 Å². The molecule has 1 saturated heterocycles. The molecule has 0 saturated carbocycles. The van der Waals surface area contributed by atoms with Crippen LogP contribution < -0.4 is 9.47 Å². The summed E-state index contributed by atoms with van der Waals surface area (Å²) in [5.41, 5.74) is 0.459. The smallest absolute Gasteiger partial charge is 0.336 e. The predicted molar refractivity (Wildman–Crippen MR) is 92.3 cm³/mol. The van der Waals surface area contributed by atoms with E-state index in [2.05, 4.69) is 10.2 Å². The summed E-state index contributed by atoms with van der Waals surface area (Å²) in [6.45, 7) is 1.48. The molecular weight excluding hydrogens is 378 g/mol. The van der Waals surface area contributed by atoms with E-state index < -0.39 is 26.7 Å². The molecule has 0 unspecified atom stereocenters. The van der Waals surface area contributed by atoms with Gasteiger partial charge in [0.25, 0.3) is 0 Å². The number of hydrogen-bond acceptors (Lipinski definition) is 9. The number of amides is 1. The van der Waals surface area contributed by atoms with Gasteiger partial charge < -0.3 is 23.5 Å². The van der Waals surface area contributed by atoms with Crippen LogP contribution in [-0.4, -0.2) is 75.7 Å². The van der Waals surface area contributed by atoms with Crippen LogP contribution in [0, 0.1) is 0 Å². The van der Waals surface area contributed by atoms with Crippen LogP contribution >= 0.6 is 0 Å². The predicted octanol–water partition coefficient (Wildman–Crippen LogP) is 0.386. The maximum Gasteiger partial charge on any atom is 0.336 e. The van der Waals surface area contributed by atoms with Crippen LogP contribution in [0.15, 0.2) is 27.8 Å². The third kappa shape index (κ3) is 4.19. The minimum absolute atomic E-state index is 0.00616. The second kappa shape index (κ2) is 7.92. The molecule has 0 N–H and O–H groups in total. The van der Waals surface area contributed by atoms with Gasteiger partial charge >= 0.3 is 5.22 Å². The number of rotatable bonds is 6. The average Bonchev–Trinajstić information content (AvgIpc) is 3.19. The molecule has 0 atom stereocenters. The topological polar surface area (TPSA) is 121 Å². The average molecular weight is 397 g/mol. The molecule has 1 fully saturated rings. The van der Waals surface area contributed by atoms with Gasteiger partial charge in [-0.15, -0.1) is 5.10 Å². The van der Waals surface area contributed by atoms with Gasteiger partial charge in [0.15, 0.2) is 11.5 Å². The highest BCUT2D eigenvalue weighted by Crippen LogP contribution is 2.32. The number of methoxy groups -OCH3 is 2. The molecule has 1 aliphatic rings. The van der Waals surface area contributed by atoms with E-state index in [-0.39, 0.29) is 5.89 Å². The Balaban J connectivity index is 1.79. The zero-order chi connectivity index (χ0) is 19.4. The molecule has 1 amide bonds. The quantitative estimate of drug-likeness (QED) is 0.681. The van der Waals surface area contributed by atoms with Crippen LogP contribution in [0.3, 0.4) is 0 Å².